The number of benzene rings is 2. The number of anilines is 1. The molecule has 0 bridgehead atoms. The standard InChI is InChI=1S/C20H12ClN3O5S2/c21-13-1-4-15(5-2-13)31-17-6-3-14(24(27)28)9-16(17)20(26)29-11-18(25)23-19-12(10-22)7-8-30-19/h1-9H,11H2,(H,23,25). The number of amides is 1. The molecule has 156 valence electrons. The van der Waals surface area contributed by atoms with Crippen molar-refractivity contribution in [3.05, 3.63) is 80.2 Å². The van der Waals surface area contributed by atoms with Crippen molar-refractivity contribution in [2.24, 2.45) is 0 Å². The minimum Gasteiger partial charge on any atom is -0.452 e. The Hall–Kier alpha value is -3.39. The lowest BCUT2D eigenvalue weighted by atomic mass is 10.2. The Balaban J connectivity index is 1.75. The molecule has 8 nitrogen and oxygen atoms in total. The zero-order chi connectivity index (χ0) is 22.4. The number of hydrogen-bond donors (Lipinski definition) is 1. The van der Waals surface area contributed by atoms with Crippen LogP contribution in [0, 0.1) is 21.4 Å². The van der Waals surface area contributed by atoms with E-state index in [9.17, 15) is 19.7 Å². The predicted molar refractivity (Wildman–Crippen MR) is 117 cm³/mol. The van der Waals surface area contributed by atoms with Crippen molar-refractivity contribution in [1.82, 2.24) is 0 Å². The molecule has 1 amide bonds. The van der Waals surface area contributed by atoms with Gasteiger partial charge >= 0.3 is 5.97 Å². The van der Waals surface area contributed by atoms with Crippen LogP contribution < -0.4 is 5.32 Å². The molecule has 0 unspecified atom stereocenters. The number of carbonyl (C=O) groups is 2. The summed E-state index contributed by atoms with van der Waals surface area (Å²) in [5.74, 6) is -1.52. The average molecular weight is 474 g/mol. The monoisotopic (exact) mass is 473 g/mol. The van der Waals surface area contributed by atoms with E-state index >= 15 is 0 Å². The summed E-state index contributed by atoms with van der Waals surface area (Å²) in [5.41, 5.74) is -0.0325. The summed E-state index contributed by atoms with van der Waals surface area (Å²) < 4.78 is 5.06. The number of halogens is 1. The first-order valence-corrected chi connectivity index (χ1v) is 10.6. The second-order valence-electron chi connectivity index (χ2n) is 5.89. The quantitative estimate of drug-likeness (QED) is 0.286. The number of nitrogens with zero attached hydrogens (tertiary/aromatic N) is 2. The van der Waals surface area contributed by atoms with E-state index < -0.39 is 23.4 Å². The fraction of sp³-hybridized carbons (Fsp3) is 0.0500. The van der Waals surface area contributed by atoms with Crippen molar-refractivity contribution in [1.29, 1.82) is 5.26 Å². The number of ether oxygens (including phenoxy) is 1. The predicted octanol–water partition coefficient (Wildman–Crippen LogP) is 5.13. The van der Waals surface area contributed by atoms with E-state index in [0.29, 0.717) is 20.5 Å². The van der Waals surface area contributed by atoms with E-state index in [-0.39, 0.29) is 11.3 Å². The smallest absolute Gasteiger partial charge is 0.340 e. The van der Waals surface area contributed by atoms with Crippen molar-refractivity contribution in [3.63, 3.8) is 0 Å². The number of thiophene rings is 1. The fourth-order valence-electron chi connectivity index (χ4n) is 2.38. The first kappa shape index (κ1) is 22.3. The highest BCUT2D eigenvalue weighted by molar-refractivity contribution is 7.99. The number of nitro groups is 1. The van der Waals surface area contributed by atoms with Crippen molar-refractivity contribution in [3.8, 4) is 6.07 Å². The minimum atomic E-state index is -0.887. The van der Waals surface area contributed by atoms with Crippen molar-refractivity contribution in [2.45, 2.75) is 9.79 Å². The minimum absolute atomic E-state index is 0.0456. The summed E-state index contributed by atoms with van der Waals surface area (Å²) in [6.45, 7) is -0.616. The molecule has 1 heterocycles. The lowest BCUT2D eigenvalue weighted by Crippen LogP contribution is -2.21. The van der Waals surface area contributed by atoms with Crippen LogP contribution in [0.3, 0.4) is 0 Å². The molecule has 3 aromatic rings. The number of esters is 1. The molecular weight excluding hydrogens is 462 g/mol. The Labute approximate surface area is 189 Å². The zero-order valence-electron chi connectivity index (χ0n) is 15.5. The molecule has 0 radical (unpaired) electrons. The van der Waals surface area contributed by atoms with Gasteiger partial charge in [-0.05, 0) is 41.8 Å². The van der Waals surface area contributed by atoms with Gasteiger partial charge in [-0.25, -0.2) is 4.79 Å². The highest BCUT2D eigenvalue weighted by Crippen LogP contribution is 2.33. The van der Waals surface area contributed by atoms with Crippen molar-refractivity contribution >= 4 is 57.3 Å². The summed E-state index contributed by atoms with van der Waals surface area (Å²) in [6, 6.07) is 14.2. The molecule has 0 spiro atoms. The average Bonchev–Trinajstić information content (AvgIpc) is 3.20. The van der Waals surface area contributed by atoms with Crippen LogP contribution in [0.5, 0.6) is 0 Å². The normalized spacial score (nSPS) is 10.2. The molecular formula is C20H12ClN3O5S2. The SMILES string of the molecule is N#Cc1ccsc1NC(=O)COC(=O)c1cc([N+](=O)[O-])ccc1Sc1ccc(Cl)cc1. The number of nitro benzene ring substituents is 1. The van der Waals surface area contributed by atoms with Crippen LogP contribution in [-0.2, 0) is 9.53 Å². The van der Waals surface area contributed by atoms with Crippen molar-refractivity contribution in [2.75, 3.05) is 11.9 Å². The molecule has 0 atom stereocenters. The van der Waals surface area contributed by atoms with Gasteiger partial charge < -0.3 is 10.1 Å². The number of carbonyl (C=O) groups excluding carboxylic acids is 2. The topological polar surface area (TPSA) is 122 Å². The molecule has 3 rings (SSSR count). The lowest BCUT2D eigenvalue weighted by molar-refractivity contribution is -0.384. The van der Waals surface area contributed by atoms with Crippen molar-refractivity contribution < 1.29 is 19.2 Å². The Morgan fingerprint density at radius 1 is 1.23 bits per heavy atom. The van der Waals surface area contributed by atoms with Crippen LogP contribution in [0.2, 0.25) is 5.02 Å². The third-order valence-electron chi connectivity index (χ3n) is 3.81. The number of hydrogen-bond acceptors (Lipinski definition) is 8. The molecule has 0 saturated heterocycles. The van der Waals surface area contributed by atoms with Gasteiger partial charge in [-0.3, -0.25) is 14.9 Å². The molecule has 11 heteroatoms. The number of nitriles is 1. The Morgan fingerprint density at radius 3 is 2.65 bits per heavy atom. The summed E-state index contributed by atoms with van der Waals surface area (Å²) in [4.78, 5) is 36.4. The van der Waals surface area contributed by atoms with Gasteiger partial charge in [0.05, 0.1) is 16.1 Å². The fourth-order valence-corrected chi connectivity index (χ4v) is 4.17. The third kappa shape index (κ3) is 5.82. The Morgan fingerprint density at radius 2 is 1.97 bits per heavy atom. The zero-order valence-corrected chi connectivity index (χ0v) is 17.9. The van der Waals surface area contributed by atoms with Crippen LogP contribution in [0.1, 0.15) is 15.9 Å². The van der Waals surface area contributed by atoms with Gasteiger partial charge in [0.15, 0.2) is 6.61 Å². The first-order valence-electron chi connectivity index (χ1n) is 8.54. The van der Waals surface area contributed by atoms with E-state index in [1.807, 2.05) is 6.07 Å². The van der Waals surface area contributed by atoms with Gasteiger partial charge in [0.25, 0.3) is 11.6 Å². The summed E-state index contributed by atoms with van der Waals surface area (Å²) in [6.07, 6.45) is 0. The first-order chi connectivity index (χ1) is 14.9. The van der Waals surface area contributed by atoms with Gasteiger partial charge in [-0.2, -0.15) is 5.26 Å². The molecule has 0 saturated carbocycles. The Kier molecular flexibility index (Phi) is 7.25. The molecule has 0 aliphatic carbocycles. The second kappa shape index (κ2) is 10.1. The van der Waals surface area contributed by atoms with Crippen LogP contribution in [0.4, 0.5) is 10.7 Å². The molecule has 0 aliphatic heterocycles. The van der Waals surface area contributed by atoms with Gasteiger partial charge in [0.1, 0.15) is 11.1 Å². The Bertz CT molecular complexity index is 1190. The van der Waals surface area contributed by atoms with E-state index in [2.05, 4.69) is 5.32 Å². The van der Waals surface area contributed by atoms with E-state index in [1.165, 1.54) is 23.9 Å². The summed E-state index contributed by atoms with van der Waals surface area (Å²) in [5, 5.41) is 25.1. The number of non-ortho nitro benzene ring substituents is 1. The molecule has 1 N–H and O–H groups in total. The van der Waals surface area contributed by atoms with Crippen LogP contribution in [0.25, 0.3) is 0 Å². The molecule has 31 heavy (non-hydrogen) atoms. The summed E-state index contributed by atoms with van der Waals surface area (Å²) in [7, 11) is 0. The van der Waals surface area contributed by atoms with E-state index in [4.69, 9.17) is 21.6 Å². The lowest BCUT2D eigenvalue weighted by Gasteiger charge is -2.10. The molecule has 1 aromatic heterocycles. The molecule has 2 aromatic carbocycles. The maximum atomic E-state index is 12.6. The van der Waals surface area contributed by atoms with Gasteiger partial charge in [-0.15, -0.1) is 11.3 Å². The van der Waals surface area contributed by atoms with Crippen LogP contribution in [-0.4, -0.2) is 23.4 Å². The highest BCUT2D eigenvalue weighted by Gasteiger charge is 2.20. The van der Waals surface area contributed by atoms with Gasteiger partial charge in [-0.1, -0.05) is 23.4 Å². The van der Waals surface area contributed by atoms with Crippen LogP contribution in [0.15, 0.2) is 63.7 Å². The maximum Gasteiger partial charge on any atom is 0.340 e. The summed E-state index contributed by atoms with van der Waals surface area (Å²) >= 11 is 8.24. The maximum absolute atomic E-state index is 12.6. The largest absolute Gasteiger partial charge is 0.452 e. The van der Waals surface area contributed by atoms with Crippen LogP contribution >= 0.6 is 34.7 Å². The van der Waals surface area contributed by atoms with Gasteiger partial charge in [0, 0.05) is 26.9 Å². The highest BCUT2D eigenvalue weighted by atomic mass is 35.5. The third-order valence-corrected chi connectivity index (χ3v) is 5.97. The second-order valence-corrected chi connectivity index (χ2v) is 8.36. The van der Waals surface area contributed by atoms with Gasteiger partial charge in [0.2, 0.25) is 0 Å². The molecule has 0 fully saturated rings. The number of rotatable bonds is 7. The van der Waals surface area contributed by atoms with E-state index in [1.54, 1.807) is 35.7 Å². The number of nitrogens with one attached hydrogen (secondary N) is 1. The van der Waals surface area contributed by atoms with E-state index in [0.717, 1.165) is 22.3 Å². The molecule has 0 aliphatic rings.